The summed E-state index contributed by atoms with van der Waals surface area (Å²) in [7, 11) is 0. The van der Waals surface area contributed by atoms with Crippen molar-refractivity contribution in [3.63, 3.8) is 0 Å². The van der Waals surface area contributed by atoms with Gasteiger partial charge >= 0.3 is 12.0 Å². The average Bonchev–Trinajstić information content (AvgIpc) is 2.55. The fraction of sp³-hybridized carbons (Fsp3) is 0.500. The molecule has 1 saturated carbocycles. The average molecular weight is 335 g/mol. The zero-order valence-electron chi connectivity index (χ0n) is 13.4. The highest BCUT2D eigenvalue weighted by Crippen LogP contribution is 2.25. The molecule has 8 heteroatoms. The molecule has 0 aliphatic heterocycles. The number of aryl methyl sites for hydroxylation is 1. The van der Waals surface area contributed by atoms with E-state index < -0.39 is 16.9 Å². The van der Waals surface area contributed by atoms with Gasteiger partial charge < -0.3 is 15.7 Å². The molecule has 0 radical (unpaired) electrons. The third kappa shape index (κ3) is 4.43. The number of nitro benzene ring substituents is 1. The predicted molar refractivity (Wildman–Crippen MR) is 88.0 cm³/mol. The Hall–Kier alpha value is -2.64. The number of anilines is 1. The number of nitrogens with zero attached hydrogens (tertiary/aromatic N) is 1. The van der Waals surface area contributed by atoms with E-state index in [0.29, 0.717) is 37.8 Å². The van der Waals surface area contributed by atoms with E-state index >= 15 is 0 Å². The Labute approximate surface area is 139 Å². The highest BCUT2D eigenvalue weighted by Gasteiger charge is 2.26. The maximum atomic E-state index is 12.1. The molecule has 8 nitrogen and oxygen atoms in total. The normalized spacial score (nSPS) is 20.2. The Kier molecular flexibility index (Phi) is 5.73. The second-order valence-electron chi connectivity index (χ2n) is 5.94. The van der Waals surface area contributed by atoms with Crippen LogP contribution in [-0.4, -0.2) is 28.1 Å². The number of carbonyl (C=O) groups excluding carboxylic acids is 1. The van der Waals surface area contributed by atoms with Gasteiger partial charge in [-0.2, -0.15) is 0 Å². The fourth-order valence-electron chi connectivity index (χ4n) is 2.93. The maximum Gasteiger partial charge on any atom is 0.319 e. The Morgan fingerprint density at radius 3 is 2.50 bits per heavy atom. The van der Waals surface area contributed by atoms with Crippen LogP contribution in [0.1, 0.15) is 38.2 Å². The second-order valence-corrected chi connectivity index (χ2v) is 5.94. The zero-order chi connectivity index (χ0) is 17.7. The maximum absolute atomic E-state index is 12.1. The molecule has 1 aromatic carbocycles. The Morgan fingerprint density at radius 2 is 1.96 bits per heavy atom. The molecular formula is C16H21N3O5. The smallest absolute Gasteiger partial charge is 0.319 e. The molecule has 0 unspecified atom stereocenters. The summed E-state index contributed by atoms with van der Waals surface area (Å²) in [6.45, 7) is 1.90. The van der Waals surface area contributed by atoms with Crippen molar-refractivity contribution in [3.05, 3.63) is 33.9 Å². The number of amides is 2. The van der Waals surface area contributed by atoms with Crippen molar-refractivity contribution in [2.75, 3.05) is 5.32 Å². The predicted octanol–water partition coefficient (Wildman–Crippen LogP) is 2.92. The van der Waals surface area contributed by atoms with Crippen LogP contribution in [0.2, 0.25) is 0 Å². The number of hydrogen-bond acceptors (Lipinski definition) is 4. The van der Waals surface area contributed by atoms with Crippen molar-refractivity contribution in [2.45, 2.75) is 45.1 Å². The van der Waals surface area contributed by atoms with Crippen LogP contribution >= 0.6 is 0 Å². The third-order valence-corrected chi connectivity index (χ3v) is 4.35. The van der Waals surface area contributed by atoms with Crippen molar-refractivity contribution in [1.29, 1.82) is 0 Å². The van der Waals surface area contributed by atoms with Crippen molar-refractivity contribution in [3.8, 4) is 0 Å². The number of carbonyl (C=O) groups is 2. The largest absolute Gasteiger partial charge is 0.481 e. The van der Waals surface area contributed by atoms with Gasteiger partial charge in [0.2, 0.25) is 0 Å². The van der Waals surface area contributed by atoms with Crippen LogP contribution in [-0.2, 0) is 11.2 Å². The van der Waals surface area contributed by atoms with Crippen LogP contribution < -0.4 is 10.6 Å². The lowest BCUT2D eigenvalue weighted by molar-refractivity contribution is -0.384. The van der Waals surface area contributed by atoms with Crippen LogP contribution in [0.4, 0.5) is 16.2 Å². The van der Waals surface area contributed by atoms with E-state index in [1.807, 2.05) is 6.92 Å². The van der Waals surface area contributed by atoms with Gasteiger partial charge in [0.1, 0.15) is 0 Å². The van der Waals surface area contributed by atoms with E-state index in [0.717, 1.165) is 5.56 Å². The first-order chi connectivity index (χ1) is 11.4. The first-order valence-corrected chi connectivity index (χ1v) is 7.98. The van der Waals surface area contributed by atoms with Crippen LogP contribution in [0.25, 0.3) is 0 Å². The number of aliphatic carboxylic acids is 1. The molecule has 0 heterocycles. The molecule has 2 rings (SSSR count). The number of hydrogen-bond donors (Lipinski definition) is 3. The Balaban J connectivity index is 1.96. The molecule has 1 aliphatic carbocycles. The van der Waals surface area contributed by atoms with Gasteiger partial charge in [-0.05, 0) is 37.7 Å². The number of nitro groups is 1. The van der Waals surface area contributed by atoms with Gasteiger partial charge in [-0.25, -0.2) is 4.79 Å². The SMILES string of the molecule is CCc1ccc([N+](=O)[O-])cc1NC(=O)NC1CCC(C(=O)O)CC1. The fourth-order valence-corrected chi connectivity index (χ4v) is 2.93. The van der Waals surface area contributed by atoms with Crippen LogP contribution in [0.5, 0.6) is 0 Å². The molecule has 130 valence electrons. The highest BCUT2D eigenvalue weighted by molar-refractivity contribution is 5.90. The molecule has 0 atom stereocenters. The topological polar surface area (TPSA) is 122 Å². The minimum absolute atomic E-state index is 0.0792. The zero-order valence-corrected chi connectivity index (χ0v) is 13.4. The lowest BCUT2D eigenvalue weighted by atomic mass is 9.86. The van der Waals surface area contributed by atoms with E-state index in [1.165, 1.54) is 12.1 Å². The summed E-state index contributed by atoms with van der Waals surface area (Å²) >= 11 is 0. The number of rotatable bonds is 5. The van der Waals surface area contributed by atoms with E-state index in [4.69, 9.17) is 5.11 Å². The van der Waals surface area contributed by atoms with Gasteiger partial charge in [-0.1, -0.05) is 13.0 Å². The summed E-state index contributed by atoms with van der Waals surface area (Å²) in [6.07, 6.45) is 2.94. The molecule has 1 aliphatic rings. The minimum atomic E-state index is -0.790. The monoisotopic (exact) mass is 335 g/mol. The third-order valence-electron chi connectivity index (χ3n) is 4.35. The van der Waals surface area contributed by atoms with E-state index in [2.05, 4.69) is 10.6 Å². The van der Waals surface area contributed by atoms with E-state index in [9.17, 15) is 19.7 Å². The van der Waals surface area contributed by atoms with Crippen LogP contribution in [0, 0.1) is 16.0 Å². The first kappa shape index (κ1) is 17.7. The van der Waals surface area contributed by atoms with Crippen molar-refractivity contribution < 1.29 is 19.6 Å². The van der Waals surface area contributed by atoms with Gasteiger partial charge in [0.05, 0.1) is 16.5 Å². The minimum Gasteiger partial charge on any atom is -0.481 e. The van der Waals surface area contributed by atoms with E-state index in [-0.39, 0.29) is 17.6 Å². The number of benzene rings is 1. The molecular weight excluding hydrogens is 314 g/mol. The van der Waals surface area contributed by atoms with Crippen molar-refractivity contribution in [1.82, 2.24) is 5.32 Å². The van der Waals surface area contributed by atoms with Gasteiger partial charge in [-0.15, -0.1) is 0 Å². The van der Waals surface area contributed by atoms with Gasteiger partial charge in [0, 0.05) is 18.2 Å². The molecule has 2 amide bonds. The number of non-ortho nitro benzene ring substituents is 1. The molecule has 0 saturated heterocycles. The number of nitrogens with one attached hydrogen (secondary N) is 2. The van der Waals surface area contributed by atoms with Gasteiger partial charge in [0.15, 0.2) is 0 Å². The summed E-state index contributed by atoms with van der Waals surface area (Å²) in [5.41, 5.74) is 1.15. The number of urea groups is 1. The molecule has 1 fully saturated rings. The molecule has 1 aromatic rings. The standard InChI is InChI=1S/C16H21N3O5/c1-2-10-5-8-13(19(23)24)9-14(10)18-16(22)17-12-6-3-11(4-7-12)15(20)21/h5,8-9,11-12H,2-4,6-7H2,1H3,(H,20,21)(H2,17,18,22). The molecule has 0 spiro atoms. The summed E-state index contributed by atoms with van der Waals surface area (Å²) in [5, 5.41) is 25.3. The molecule has 24 heavy (non-hydrogen) atoms. The lowest BCUT2D eigenvalue weighted by Gasteiger charge is -2.27. The summed E-state index contributed by atoms with van der Waals surface area (Å²) in [6, 6.07) is 3.88. The number of carboxylic acid groups (broad SMARTS) is 1. The van der Waals surface area contributed by atoms with Crippen molar-refractivity contribution in [2.24, 2.45) is 5.92 Å². The molecule has 3 N–H and O–H groups in total. The first-order valence-electron chi connectivity index (χ1n) is 7.98. The molecule has 0 bridgehead atoms. The van der Waals surface area contributed by atoms with Gasteiger partial charge in [-0.3, -0.25) is 14.9 Å². The highest BCUT2D eigenvalue weighted by atomic mass is 16.6. The van der Waals surface area contributed by atoms with Gasteiger partial charge in [0.25, 0.3) is 5.69 Å². The number of carboxylic acids is 1. The van der Waals surface area contributed by atoms with E-state index in [1.54, 1.807) is 6.07 Å². The summed E-state index contributed by atoms with van der Waals surface area (Å²) < 4.78 is 0. The quantitative estimate of drug-likeness (QED) is 0.564. The van der Waals surface area contributed by atoms with Crippen LogP contribution in [0.15, 0.2) is 18.2 Å². The summed E-state index contributed by atoms with van der Waals surface area (Å²) in [4.78, 5) is 33.4. The summed E-state index contributed by atoms with van der Waals surface area (Å²) in [5.74, 6) is -1.13. The van der Waals surface area contributed by atoms with Crippen molar-refractivity contribution >= 4 is 23.4 Å². The Bertz CT molecular complexity index is 639. The Morgan fingerprint density at radius 1 is 1.29 bits per heavy atom. The van der Waals surface area contributed by atoms with Crippen LogP contribution in [0.3, 0.4) is 0 Å². The lowest BCUT2D eigenvalue weighted by Crippen LogP contribution is -2.41. The molecule has 0 aromatic heterocycles. The second kappa shape index (κ2) is 7.76.